The molecule has 0 amide bonds. The molecule has 10 heavy (non-hydrogen) atoms. The highest BCUT2D eigenvalue weighted by Gasteiger charge is 2.01. The number of hydrogen-bond acceptors (Lipinski definition) is 3. The Kier molecular flexibility index (Phi) is 2.67. The van der Waals surface area contributed by atoms with Gasteiger partial charge in [-0.3, -0.25) is 4.79 Å². The summed E-state index contributed by atoms with van der Waals surface area (Å²) >= 11 is 1.92. The van der Waals surface area contributed by atoms with Crippen molar-refractivity contribution < 1.29 is 9.53 Å². The lowest BCUT2D eigenvalue weighted by Gasteiger charge is -1.93. The van der Waals surface area contributed by atoms with Gasteiger partial charge in [0.2, 0.25) is 0 Å². The zero-order valence-corrected chi connectivity index (χ0v) is 7.16. The van der Waals surface area contributed by atoms with Crippen LogP contribution < -0.4 is 4.74 Å². The van der Waals surface area contributed by atoms with Gasteiger partial charge in [0.15, 0.2) is 0 Å². The lowest BCUT2D eigenvalue weighted by Crippen LogP contribution is -2.09. The van der Waals surface area contributed by atoms with Crippen LogP contribution in [0.25, 0.3) is 0 Å². The number of halogens is 1. The number of imidazole rings is 1. The molecule has 0 aliphatic heterocycles. The van der Waals surface area contributed by atoms with Gasteiger partial charge in [-0.1, -0.05) is 22.6 Å². The molecule has 1 heterocycles. The van der Waals surface area contributed by atoms with Crippen molar-refractivity contribution in [1.29, 1.82) is 0 Å². The van der Waals surface area contributed by atoms with Gasteiger partial charge in [0.25, 0.3) is 0 Å². The van der Waals surface area contributed by atoms with Gasteiger partial charge < -0.3 is 9.72 Å². The third kappa shape index (κ3) is 1.98. The molecule has 0 radical (unpaired) electrons. The molecular formula is C5H5IN2O2. The first-order valence-corrected chi connectivity index (χ1v) is 4.11. The second kappa shape index (κ2) is 3.55. The van der Waals surface area contributed by atoms with Crippen LogP contribution in [0, 0.1) is 0 Å². The molecule has 1 rings (SSSR count). The number of nitrogens with zero attached hydrogens (tertiary/aromatic N) is 1. The summed E-state index contributed by atoms with van der Waals surface area (Å²) in [5.74, 6) is -0.296. The first-order chi connectivity index (χ1) is 4.83. The van der Waals surface area contributed by atoms with Crippen molar-refractivity contribution in [2.75, 3.05) is 4.43 Å². The minimum absolute atomic E-state index is 0.252. The quantitative estimate of drug-likeness (QED) is 0.480. The largest absolute Gasteiger partial charge is 0.392 e. The normalized spacial score (nSPS) is 9.30. The van der Waals surface area contributed by atoms with E-state index in [0.717, 1.165) is 0 Å². The average Bonchev–Trinajstić information content (AvgIpc) is 2.40. The fourth-order valence-corrected chi connectivity index (χ4v) is 0.597. The number of aromatic amines is 1. The van der Waals surface area contributed by atoms with Gasteiger partial charge in [-0.05, 0) is 0 Å². The number of nitrogens with one attached hydrogen (secondary N) is 1. The van der Waals surface area contributed by atoms with Gasteiger partial charge in [0.1, 0.15) is 0 Å². The van der Waals surface area contributed by atoms with Gasteiger partial charge in [0, 0.05) is 12.4 Å². The molecule has 54 valence electrons. The van der Waals surface area contributed by atoms with Gasteiger partial charge in [-0.2, -0.15) is 0 Å². The van der Waals surface area contributed by atoms with Crippen LogP contribution in [0.1, 0.15) is 0 Å². The van der Waals surface area contributed by atoms with Crippen molar-refractivity contribution in [2.24, 2.45) is 0 Å². The molecule has 0 aliphatic carbocycles. The molecule has 0 atom stereocenters. The lowest BCUT2D eigenvalue weighted by atomic mass is 10.8. The molecule has 0 fully saturated rings. The van der Waals surface area contributed by atoms with Crippen LogP contribution in [-0.2, 0) is 4.79 Å². The number of H-pyrrole nitrogens is 1. The number of aromatic nitrogens is 2. The number of hydrogen-bond donors (Lipinski definition) is 1. The van der Waals surface area contributed by atoms with Crippen LogP contribution in [0.3, 0.4) is 0 Å². The zero-order valence-electron chi connectivity index (χ0n) is 5.00. The molecular weight excluding hydrogens is 247 g/mol. The SMILES string of the molecule is O=C(CI)Oc1ncc[nH]1. The van der Waals surface area contributed by atoms with E-state index >= 15 is 0 Å². The van der Waals surface area contributed by atoms with Crippen molar-refractivity contribution >= 4 is 28.6 Å². The third-order valence-electron chi connectivity index (χ3n) is 0.793. The van der Waals surface area contributed by atoms with E-state index in [9.17, 15) is 4.79 Å². The Labute approximate surface area is 71.1 Å². The maximum atomic E-state index is 10.6. The fourth-order valence-electron chi connectivity index (χ4n) is 0.442. The highest BCUT2D eigenvalue weighted by atomic mass is 127. The number of esters is 1. The number of carbonyl (C=O) groups excluding carboxylic acids is 1. The summed E-state index contributed by atoms with van der Waals surface area (Å²) in [7, 11) is 0. The van der Waals surface area contributed by atoms with Crippen LogP contribution in [0.15, 0.2) is 12.4 Å². The van der Waals surface area contributed by atoms with Gasteiger partial charge in [0.05, 0.1) is 4.43 Å². The van der Waals surface area contributed by atoms with Crippen molar-refractivity contribution in [2.45, 2.75) is 0 Å². The van der Waals surface area contributed by atoms with Gasteiger partial charge in [-0.15, -0.1) is 0 Å². The molecule has 0 saturated heterocycles. The van der Waals surface area contributed by atoms with E-state index < -0.39 is 0 Å². The molecule has 0 saturated carbocycles. The highest BCUT2D eigenvalue weighted by Crippen LogP contribution is 1.99. The van der Waals surface area contributed by atoms with E-state index in [1.165, 1.54) is 6.20 Å². The van der Waals surface area contributed by atoms with E-state index in [4.69, 9.17) is 4.74 Å². The molecule has 5 heteroatoms. The minimum Gasteiger partial charge on any atom is -0.392 e. The molecule has 1 aromatic heterocycles. The van der Waals surface area contributed by atoms with E-state index in [2.05, 4.69) is 9.97 Å². The topological polar surface area (TPSA) is 55.0 Å². The van der Waals surface area contributed by atoms with Crippen molar-refractivity contribution in [3.63, 3.8) is 0 Å². The lowest BCUT2D eigenvalue weighted by molar-refractivity contribution is -0.131. The predicted molar refractivity (Wildman–Crippen MR) is 43.1 cm³/mol. The summed E-state index contributed by atoms with van der Waals surface area (Å²) in [6.07, 6.45) is 3.12. The molecule has 0 spiro atoms. The smallest absolute Gasteiger partial charge is 0.323 e. The zero-order chi connectivity index (χ0) is 7.40. The Morgan fingerprint density at radius 2 is 2.70 bits per heavy atom. The molecule has 1 N–H and O–H groups in total. The molecule has 0 bridgehead atoms. The first-order valence-electron chi connectivity index (χ1n) is 2.59. The number of ether oxygens (including phenoxy) is 1. The number of rotatable bonds is 2. The predicted octanol–water partition coefficient (Wildman–Crippen LogP) is 0.750. The van der Waals surface area contributed by atoms with E-state index in [-0.39, 0.29) is 12.0 Å². The second-order valence-corrected chi connectivity index (χ2v) is 2.26. The first kappa shape index (κ1) is 7.52. The van der Waals surface area contributed by atoms with Crippen LogP contribution in [0.5, 0.6) is 6.01 Å². The third-order valence-corrected chi connectivity index (χ3v) is 1.42. The van der Waals surface area contributed by atoms with E-state index in [1.54, 1.807) is 6.20 Å². The Balaban J connectivity index is 2.48. The minimum atomic E-state index is -0.296. The summed E-state index contributed by atoms with van der Waals surface area (Å²) in [5.41, 5.74) is 0. The van der Waals surface area contributed by atoms with E-state index in [0.29, 0.717) is 4.43 Å². The molecule has 1 aromatic rings. The molecule has 0 aliphatic rings. The fraction of sp³-hybridized carbons (Fsp3) is 0.200. The van der Waals surface area contributed by atoms with E-state index in [1.807, 2.05) is 22.6 Å². The summed E-state index contributed by atoms with van der Waals surface area (Å²) in [4.78, 5) is 16.9. The van der Waals surface area contributed by atoms with Gasteiger partial charge >= 0.3 is 12.0 Å². The highest BCUT2D eigenvalue weighted by molar-refractivity contribution is 14.1. The Bertz CT molecular complexity index is 209. The van der Waals surface area contributed by atoms with Crippen molar-refractivity contribution in [3.8, 4) is 6.01 Å². The van der Waals surface area contributed by atoms with Crippen LogP contribution in [-0.4, -0.2) is 20.4 Å². The van der Waals surface area contributed by atoms with Crippen LogP contribution in [0.4, 0.5) is 0 Å². The summed E-state index contributed by atoms with van der Waals surface area (Å²) in [5, 5.41) is 0. The number of alkyl halides is 1. The molecule has 0 aromatic carbocycles. The summed E-state index contributed by atoms with van der Waals surface area (Å²) < 4.78 is 5.02. The maximum Gasteiger partial charge on any atom is 0.323 e. The van der Waals surface area contributed by atoms with Gasteiger partial charge in [-0.25, -0.2) is 4.98 Å². The summed E-state index contributed by atoms with van der Waals surface area (Å²) in [6.45, 7) is 0. The average molecular weight is 252 g/mol. The Hall–Kier alpha value is -0.590. The molecule has 0 unspecified atom stereocenters. The standard InChI is InChI=1S/C5H5IN2O2/c6-3-4(9)10-5-7-1-2-8-5/h1-2H,3H2,(H,7,8). The van der Waals surface area contributed by atoms with Crippen molar-refractivity contribution in [3.05, 3.63) is 12.4 Å². The Morgan fingerprint density at radius 1 is 1.90 bits per heavy atom. The number of carbonyl (C=O) groups is 1. The van der Waals surface area contributed by atoms with Crippen LogP contribution >= 0.6 is 22.6 Å². The monoisotopic (exact) mass is 252 g/mol. The maximum absolute atomic E-state index is 10.6. The van der Waals surface area contributed by atoms with Crippen molar-refractivity contribution in [1.82, 2.24) is 9.97 Å². The van der Waals surface area contributed by atoms with Crippen LogP contribution in [0.2, 0.25) is 0 Å². The Morgan fingerprint density at radius 3 is 3.20 bits per heavy atom. The molecule has 4 nitrogen and oxygen atoms in total. The second-order valence-electron chi connectivity index (χ2n) is 1.50. The summed E-state index contributed by atoms with van der Waals surface area (Å²) in [6, 6.07) is 0.252.